The van der Waals surface area contributed by atoms with Crippen molar-refractivity contribution < 1.29 is 9.59 Å². The SMILES string of the molecule is O=C(CNC(=O)Cc1ccccc1)NCc1ccc(N2CCCC2)nc1. The molecule has 2 amide bonds. The molecule has 1 aliphatic rings. The summed E-state index contributed by atoms with van der Waals surface area (Å²) in [6.45, 7) is 2.50. The van der Waals surface area contributed by atoms with Crippen molar-refractivity contribution in [2.75, 3.05) is 24.5 Å². The third kappa shape index (κ3) is 5.31. The van der Waals surface area contributed by atoms with Crippen LogP contribution in [0.2, 0.25) is 0 Å². The number of hydrogen-bond acceptors (Lipinski definition) is 4. The van der Waals surface area contributed by atoms with E-state index >= 15 is 0 Å². The van der Waals surface area contributed by atoms with Gasteiger partial charge in [-0.25, -0.2) is 4.98 Å². The molecule has 0 aliphatic carbocycles. The molecule has 0 unspecified atom stereocenters. The van der Waals surface area contributed by atoms with E-state index in [0.29, 0.717) is 6.54 Å². The zero-order valence-electron chi connectivity index (χ0n) is 14.8. The first kappa shape index (κ1) is 17.9. The Labute approximate surface area is 153 Å². The predicted octanol–water partition coefficient (Wildman–Crippen LogP) is 1.66. The molecule has 136 valence electrons. The number of nitrogens with one attached hydrogen (secondary N) is 2. The van der Waals surface area contributed by atoms with Crippen LogP contribution in [0.5, 0.6) is 0 Å². The highest BCUT2D eigenvalue weighted by Crippen LogP contribution is 2.17. The molecule has 3 rings (SSSR count). The number of anilines is 1. The maximum atomic E-state index is 11.9. The number of carbonyl (C=O) groups excluding carboxylic acids is 2. The van der Waals surface area contributed by atoms with Gasteiger partial charge in [0.1, 0.15) is 5.82 Å². The van der Waals surface area contributed by atoms with Crippen molar-refractivity contribution in [3.8, 4) is 0 Å². The van der Waals surface area contributed by atoms with Gasteiger partial charge in [0.2, 0.25) is 11.8 Å². The number of benzene rings is 1. The molecule has 6 nitrogen and oxygen atoms in total. The van der Waals surface area contributed by atoms with Crippen molar-refractivity contribution in [1.82, 2.24) is 15.6 Å². The first-order valence-corrected chi connectivity index (χ1v) is 8.98. The second-order valence-corrected chi connectivity index (χ2v) is 6.43. The van der Waals surface area contributed by atoms with Gasteiger partial charge in [-0.2, -0.15) is 0 Å². The van der Waals surface area contributed by atoms with Gasteiger partial charge < -0.3 is 15.5 Å². The average Bonchev–Trinajstić information content (AvgIpc) is 3.21. The third-order valence-corrected chi connectivity index (χ3v) is 4.38. The van der Waals surface area contributed by atoms with Crippen LogP contribution in [0, 0.1) is 0 Å². The summed E-state index contributed by atoms with van der Waals surface area (Å²) in [4.78, 5) is 30.5. The van der Waals surface area contributed by atoms with Gasteiger partial charge >= 0.3 is 0 Å². The van der Waals surface area contributed by atoms with Crippen LogP contribution in [0.15, 0.2) is 48.7 Å². The number of rotatable bonds is 7. The summed E-state index contributed by atoms with van der Waals surface area (Å²) in [5.74, 6) is 0.615. The van der Waals surface area contributed by atoms with Gasteiger partial charge in [0, 0.05) is 25.8 Å². The summed E-state index contributed by atoms with van der Waals surface area (Å²) in [6.07, 6.45) is 4.50. The molecule has 0 saturated carbocycles. The standard InChI is InChI=1S/C20H24N4O2/c25-19(12-16-6-2-1-3-7-16)23-15-20(26)22-14-17-8-9-18(21-13-17)24-10-4-5-11-24/h1-3,6-9,13H,4-5,10-12,14-15H2,(H,22,26)(H,23,25). The summed E-state index contributed by atoms with van der Waals surface area (Å²) >= 11 is 0. The minimum Gasteiger partial charge on any atom is -0.357 e. The second-order valence-electron chi connectivity index (χ2n) is 6.43. The van der Waals surface area contributed by atoms with Crippen LogP contribution in [0.1, 0.15) is 24.0 Å². The highest BCUT2D eigenvalue weighted by molar-refractivity contribution is 5.85. The lowest BCUT2D eigenvalue weighted by atomic mass is 10.1. The Hall–Kier alpha value is -2.89. The van der Waals surface area contributed by atoms with E-state index in [-0.39, 0.29) is 24.8 Å². The zero-order valence-corrected chi connectivity index (χ0v) is 14.8. The number of carbonyl (C=O) groups is 2. The molecular weight excluding hydrogens is 328 g/mol. The molecule has 1 aliphatic heterocycles. The fourth-order valence-electron chi connectivity index (χ4n) is 2.94. The Morgan fingerprint density at radius 2 is 1.69 bits per heavy atom. The molecule has 1 fully saturated rings. The van der Waals surface area contributed by atoms with Gasteiger partial charge in [-0.05, 0) is 30.0 Å². The van der Waals surface area contributed by atoms with Crippen molar-refractivity contribution in [2.45, 2.75) is 25.8 Å². The highest BCUT2D eigenvalue weighted by atomic mass is 16.2. The Morgan fingerprint density at radius 1 is 0.923 bits per heavy atom. The molecule has 2 N–H and O–H groups in total. The van der Waals surface area contributed by atoms with Crippen LogP contribution in [0.4, 0.5) is 5.82 Å². The van der Waals surface area contributed by atoms with E-state index in [9.17, 15) is 9.59 Å². The van der Waals surface area contributed by atoms with Crippen LogP contribution in [-0.2, 0) is 22.6 Å². The van der Waals surface area contributed by atoms with E-state index in [1.54, 1.807) is 6.20 Å². The molecule has 6 heteroatoms. The average molecular weight is 352 g/mol. The smallest absolute Gasteiger partial charge is 0.239 e. The van der Waals surface area contributed by atoms with Crippen LogP contribution in [0.3, 0.4) is 0 Å². The van der Waals surface area contributed by atoms with Gasteiger partial charge in [0.15, 0.2) is 0 Å². The third-order valence-electron chi connectivity index (χ3n) is 4.38. The Bertz CT molecular complexity index is 725. The number of amides is 2. The van der Waals surface area contributed by atoms with Gasteiger partial charge in [0.25, 0.3) is 0 Å². The molecule has 26 heavy (non-hydrogen) atoms. The van der Waals surface area contributed by atoms with Crippen molar-refractivity contribution in [3.05, 3.63) is 59.8 Å². The minimum absolute atomic E-state index is 0.0229. The second kappa shape index (κ2) is 8.99. The maximum absolute atomic E-state index is 11.9. The van der Waals surface area contributed by atoms with E-state index in [0.717, 1.165) is 30.0 Å². The number of aromatic nitrogens is 1. The predicted molar refractivity (Wildman–Crippen MR) is 101 cm³/mol. The Balaban J connectivity index is 1.37. The molecule has 1 saturated heterocycles. The number of hydrogen-bond donors (Lipinski definition) is 2. The van der Waals surface area contributed by atoms with Gasteiger partial charge in [-0.3, -0.25) is 9.59 Å². The first-order valence-electron chi connectivity index (χ1n) is 8.98. The van der Waals surface area contributed by atoms with Crippen LogP contribution >= 0.6 is 0 Å². The summed E-state index contributed by atoms with van der Waals surface area (Å²) < 4.78 is 0. The summed E-state index contributed by atoms with van der Waals surface area (Å²) in [7, 11) is 0. The minimum atomic E-state index is -0.213. The van der Waals surface area contributed by atoms with E-state index in [1.807, 2.05) is 42.5 Å². The quantitative estimate of drug-likeness (QED) is 0.795. The molecule has 0 radical (unpaired) electrons. The van der Waals surface area contributed by atoms with Crippen molar-refractivity contribution in [1.29, 1.82) is 0 Å². The molecule has 0 spiro atoms. The summed E-state index contributed by atoms with van der Waals surface area (Å²) in [5, 5.41) is 5.44. The highest BCUT2D eigenvalue weighted by Gasteiger charge is 2.13. The van der Waals surface area contributed by atoms with Gasteiger partial charge in [-0.1, -0.05) is 36.4 Å². The van der Waals surface area contributed by atoms with Gasteiger partial charge in [0.05, 0.1) is 13.0 Å². The van der Waals surface area contributed by atoms with Gasteiger partial charge in [-0.15, -0.1) is 0 Å². The van der Waals surface area contributed by atoms with E-state index in [2.05, 4.69) is 20.5 Å². The van der Waals surface area contributed by atoms with Crippen LogP contribution in [-0.4, -0.2) is 36.4 Å². The van der Waals surface area contributed by atoms with E-state index < -0.39 is 0 Å². The van der Waals surface area contributed by atoms with Crippen LogP contribution in [0.25, 0.3) is 0 Å². The molecule has 2 heterocycles. The molecule has 1 aromatic heterocycles. The zero-order chi connectivity index (χ0) is 18.2. The number of pyridine rings is 1. The molecular formula is C20H24N4O2. The molecule has 0 bridgehead atoms. The van der Waals surface area contributed by atoms with Crippen LogP contribution < -0.4 is 15.5 Å². The Morgan fingerprint density at radius 3 is 2.38 bits per heavy atom. The monoisotopic (exact) mass is 352 g/mol. The fourth-order valence-corrected chi connectivity index (χ4v) is 2.94. The lowest BCUT2D eigenvalue weighted by Gasteiger charge is -2.16. The largest absolute Gasteiger partial charge is 0.357 e. The summed E-state index contributed by atoms with van der Waals surface area (Å²) in [5.41, 5.74) is 1.87. The molecule has 2 aromatic rings. The normalized spacial score (nSPS) is 13.5. The lowest BCUT2D eigenvalue weighted by molar-refractivity contribution is -0.125. The molecule has 0 atom stereocenters. The van der Waals surface area contributed by atoms with Crippen molar-refractivity contribution in [3.63, 3.8) is 0 Å². The lowest BCUT2D eigenvalue weighted by Crippen LogP contribution is -2.37. The van der Waals surface area contributed by atoms with E-state index in [1.165, 1.54) is 12.8 Å². The van der Waals surface area contributed by atoms with E-state index in [4.69, 9.17) is 0 Å². The topological polar surface area (TPSA) is 74.3 Å². The van der Waals surface area contributed by atoms with Crippen molar-refractivity contribution >= 4 is 17.6 Å². The fraction of sp³-hybridized carbons (Fsp3) is 0.350. The number of nitrogens with zero attached hydrogens (tertiary/aromatic N) is 2. The van der Waals surface area contributed by atoms with Crippen molar-refractivity contribution in [2.24, 2.45) is 0 Å². The maximum Gasteiger partial charge on any atom is 0.239 e. The molecule has 1 aromatic carbocycles. The summed E-state index contributed by atoms with van der Waals surface area (Å²) in [6, 6.07) is 13.4. The Kier molecular flexibility index (Phi) is 6.19. The first-order chi connectivity index (χ1) is 12.7.